The molecular weight excluding hydrogens is 268 g/mol. The van der Waals surface area contributed by atoms with E-state index >= 15 is 0 Å². The maximum Gasteiger partial charge on any atom is 0.165 e. The molecule has 118 valence electrons. The van der Waals surface area contributed by atoms with Crippen LogP contribution in [0, 0.1) is 0 Å². The van der Waals surface area contributed by atoms with E-state index in [0.717, 1.165) is 36.8 Å². The van der Waals surface area contributed by atoms with Gasteiger partial charge in [-0.05, 0) is 19.9 Å². The van der Waals surface area contributed by atoms with Gasteiger partial charge in [0.15, 0.2) is 11.5 Å². The number of hydrogen-bond donors (Lipinski definition) is 1. The predicted molar refractivity (Wildman–Crippen MR) is 82.8 cm³/mol. The Labute approximate surface area is 127 Å². The van der Waals surface area contributed by atoms with Crippen LogP contribution in [-0.2, 0) is 11.3 Å². The van der Waals surface area contributed by atoms with Crippen molar-refractivity contribution in [2.75, 3.05) is 33.4 Å². The molecule has 0 aromatic heterocycles. The summed E-state index contributed by atoms with van der Waals surface area (Å²) in [6.45, 7) is 7.97. The number of nitrogens with zero attached hydrogens (tertiary/aromatic N) is 1. The Hall–Kier alpha value is -1.30. The zero-order valence-corrected chi connectivity index (χ0v) is 13.2. The Kier molecular flexibility index (Phi) is 5.85. The minimum absolute atomic E-state index is 0.0803. The summed E-state index contributed by atoms with van der Waals surface area (Å²) in [5.41, 5.74) is 6.72. The highest BCUT2D eigenvalue weighted by atomic mass is 16.5. The van der Waals surface area contributed by atoms with Crippen LogP contribution in [-0.4, -0.2) is 50.5 Å². The first kappa shape index (κ1) is 16.1. The topological polar surface area (TPSA) is 57.0 Å². The quantitative estimate of drug-likeness (QED) is 0.864. The fourth-order valence-corrected chi connectivity index (χ4v) is 2.53. The van der Waals surface area contributed by atoms with Crippen LogP contribution in [0.25, 0.3) is 0 Å². The molecule has 0 saturated carbocycles. The van der Waals surface area contributed by atoms with Crippen LogP contribution in [0.3, 0.4) is 0 Å². The normalized spacial score (nSPS) is 19.8. The molecule has 2 rings (SSSR count). The summed E-state index contributed by atoms with van der Waals surface area (Å²) < 4.78 is 17.1. The summed E-state index contributed by atoms with van der Waals surface area (Å²) in [6, 6.07) is 6.30. The molecule has 1 saturated heterocycles. The number of nitrogens with two attached hydrogens (primary N) is 1. The molecule has 0 radical (unpaired) electrons. The molecule has 1 fully saturated rings. The van der Waals surface area contributed by atoms with Crippen LogP contribution in [0.15, 0.2) is 18.2 Å². The molecule has 2 N–H and O–H groups in total. The summed E-state index contributed by atoms with van der Waals surface area (Å²) in [6.07, 6.45) is 0.0803. The summed E-state index contributed by atoms with van der Waals surface area (Å²) in [5.74, 6) is 1.45. The standard InChI is InChI=1S/C16H26N2O3/c1-12(2)18-7-8-20-14(10-18)11-21-16-13(9-17)5-4-6-15(16)19-3/h4-6,12,14H,7-11,17H2,1-3H3. The Bertz CT molecular complexity index is 429. The third kappa shape index (κ3) is 4.09. The first-order valence-corrected chi connectivity index (χ1v) is 7.50. The van der Waals surface area contributed by atoms with Crippen LogP contribution in [0.5, 0.6) is 11.5 Å². The lowest BCUT2D eigenvalue weighted by Gasteiger charge is -2.35. The first-order chi connectivity index (χ1) is 10.2. The smallest absolute Gasteiger partial charge is 0.165 e. The van der Waals surface area contributed by atoms with E-state index in [9.17, 15) is 0 Å². The van der Waals surface area contributed by atoms with Gasteiger partial charge in [-0.3, -0.25) is 4.90 Å². The van der Waals surface area contributed by atoms with Crippen molar-refractivity contribution in [1.82, 2.24) is 4.90 Å². The highest BCUT2D eigenvalue weighted by Gasteiger charge is 2.23. The Balaban J connectivity index is 1.99. The molecule has 0 bridgehead atoms. The lowest BCUT2D eigenvalue weighted by molar-refractivity contribution is -0.0567. The maximum absolute atomic E-state index is 5.96. The Morgan fingerprint density at radius 1 is 1.43 bits per heavy atom. The van der Waals surface area contributed by atoms with Crippen LogP contribution < -0.4 is 15.2 Å². The van der Waals surface area contributed by atoms with Gasteiger partial charge in [-0.25, -0.2) is 0 Å². The fraction of sp³-hybridized carbons (Fsp3) is 0.625. The largest absolute Gasteiger partial charge is 0.493 e. The molecule has 1 atom stereocenters. The van der Waals surface area contributed by atoms with Crippen LogP contribution in [0.2, 0.25) is 0 Å². The molecule has 0 spiro atoms. The van der Waals surface area contributed by atoms with Crippen molar-refractivity contribution in [3.8, 4) is 11.5 Å². The van der Waals surface area contributed by atoms with Gasteiger partial charge in [-0.15, -0.1) is 0 Å². The molecule has 1 aliphatic rings. The fourth-order valence-electron chi connectivity index (χ4n) is 2.53. The van der Waals surface area contributed by atoms with Crippen LogP contribution in [0.4, 0.5) is 0 Å². The SMILES string of the molecule is COc1cccc(CN)c1OCC1CN(C(C)C)CCO1. The van der Waals surface area contributed by atoms with Gasteiger partial charge in [-0.1, -0.05) is 12.1 Å². The minimum atomic E-state index is 0.0803. The van der Waals surface area contributed by atoms with E-state index in [1.54, 1.807) is 7.11 Å². The van der Waals surface area contributed by atoms with Gasteiger partial charge in [0.2, 0.25) is 0 Å². The van der Waals surface area contributed by atoms with Crippen molar-refractivity contribution in [2.24, 2.45) is 5.73 Å². The van der Waals surface area contributed by atoms with E-state index < -0.39 is 0 Å². The summed E-state index contributed by atoms with van der Waals surface area (Å²) in [4.78, 5) is 2.41. The van der Waals surface area contributed by atoms with Crippen molar-refractivity contribution >= 4 is 0 Å². The zero-order valence-electron chi connectivity index (χ0n) is 13.2. The molecule has 1 heterocycles. The summed E-state index contributed by atoms with van der Waals surface area (Å²) in [7, 11) is 1.64. The van der Waals surface area contributed by atoms with Crippen molar-refractivity contribution < 1.29 is 14.2 Å². The minimum Gasteiger partial charge on any atom is -0.493 e. The van der Waals surface area contributed by atoms with Crippen LogP contribution >= 0.6 is 0 Å². The molecule has 1 aromatic carbocycles. The van der Waals surface area contributed by atoms with E-state index in [0.29, 0.717) is 19.2 Å². The average Bonchev–Trinajstić information content (AvgIpc) is 2.52. The summed E-state index contributed by atoms with van der Waals surface area (Å²) in [5, 5.41) is 0. The lowest BCUT2D eigenvalue weighted by atomic mass is 10.2. The van der Waals surface area contributed by atoms with E-state index in [4.69, 9.17) is 19.9 Å². The number of hydrogen-bond acceptors (Lipinski definition) is 5. The molecule has 5 nitrogen and oxygen atoms in total. The number of para-hydroxylation sites is 1. The van der Waals surface area contributed by atoms with Crippen LogP contribution in [0.1, 0.15) is 19.4 Å². The second-order valence-electron chi connectivity index (χ2n) is 5.55. The van der Waals surface area contributed by atoms with E-state index in [1.165, 1.54) is 0 Å². The third-order valence-corrected chi connectivity index (χ3v) is 3.81. The second kappa shape index (κ2) is 7.64. The van der Waals surface area contributed by atoms with Crippen molar-refractivity contribution in [3.63, 3.8) is 0 Å². The Morgan fingerprint density at radius 2 is 2.24 bits per heavy atom. The van der Waals surface area contributed by atoms with Crippen molar-refractivity contribution in [3.05, 3.63) is 23.8 Å². The van der Waals surface area contributed by atoms with Gasteiger partial charge >= 0.3 is 0 Å². The molecule has 1 aromatic rings. The molecular formula is C16H26N2O3. The number of ether oxygens (including phenoxy) is 3. The number of rotatable bonds is 6. The van der Waals surface area contributed by atoms with Gasteiger partial charge < -0.3 is 19.9 Å². The Morgan fingerprint density at radius 3 is 2.90 bits per heavy atom. The molecule has 1 unspecified atom stereocenters. The molecule has 21 heavy (non-hydrogen) atoms. The monoisotopic (exact) mass is 294 g/mol. The highest BCUT2D eigenvalue weighted by molar-refractivity contribution is 5.46. The predicted octanol–water partition coefficient (Wildman–Crippen LogP) is 1.64. The van der Waals surface area contributed by atoms with Crippen molar-refractivity contribution in [1.29, 1.82) is 0 Å². The molecule has 0 aliphatic carbocycles. The van der Waals surface area contributed by atoms with Gasteiger partial charge in [0.25, 0.3) is 0 Å². The summed E-state index contributed by atoms with van der Waals surface area (Å²) >= 11 is 0. The highest BCUT2D eigenvalue weighted by Crippen LogP contribution is 2.31. The van der Waals surface area contributed by atoms with E-state index in [-0.39, 0.29) is 6.10 Å². The van der Waals surface area contributed by atoms with Crippen molar-refractivity contribution in [2.45, 2.75) is 32.5 Å². The average molecular weight is 294 g/mol. The molecule has 1 aliphatic heterocycles. The molecule has 5 heteroatoms. The third-order valence-electron chi connectivity index (χ3n) is 3.81. The number of morpholine rings is 1. The van der Waals surface area contributed by atoms with E-state index in [2.05, 4.69) is 18.7 Å². The second-order valence-corrected chi connectivity index (χ2v) is 5.55. The van der Waals surface area contributed by atoms with Gasteiger partial charge in [0.1, 0.15) is 12.7 Å². The molecule has 0 amide bonds. The number of methoxy groups -OCH3 is 1. The van der Waals surface area contributed by atoms with Gasteiger partial charge in [0.05, 0.1) is 13.7 Å². The maximum atomic E-state index is 5.96. The lowest BCUT2D eigenvalue weighted by Crippen LogP contribution is -2.47. The zero-order chi connectivity index (χ0) is 15.2. The van der Waals surface area contributed by atoms with Gasteiger partial charge in [0, 0.05) is 31.2 Å². The van der Waals surface area contributed by atoms with Gasteiger partial charge in [-0.2, -0.15) is 0 Å². The van der Waals surface area contributed by atoms with E-state index in [1.807, 2.05) is 18.2 Å². The number of benzene rings is 1. The first-order valence-electron chi connectivity index (χ1n) is 7.50.